The number of hydrogen-bond donors (Lipinski definition) is 2. The topological polar surface area (TPSA) is 95.9 Å². The largest absolute Gasteiger partial charge is 0.337 e. The minimum absolute atomic E-state index is 0. The Labute approximate surface area is 289 Å². The molecule has 0 saturated heterocycles. The van der Waals surface area contributed by atoms with E-state index in [-0.39, 0.29) is 42.2 Å². The zero-order valence-corrected chi connectivity index (χ0v) is 28.5. The first-order valence-corrected chi connectivity index (χ1v) is 16.4. The second-order valence-electron chi connectivity index (χ2n) is 11.1. The van der Waals surface area contributed by atoms with Crippen LogP contribution in [0, 0.1) is 5.82 Å². The fourth-order valence-corrected chi connectivity index (χ4v) is 6.12. The van der Waals surface area contributed by atoms with Crippen molar-refractivity contribution >= 4 is 41.7 Å². The number of amides is 1. The van der Waals surface area contributed by atoms with E-state index >= 15 is 0 Å². The van der Waals surface area contributed by atoms with Gasteiger partial charge in [0.25, 0.3) is 5.56 Å². The van der Waals surface area contributed by atoms with E-state index in [1.807, 2.05) is 67.4 Å². The van der Waals surface area contributed by atoms with Crippen LogP contribution in [0.1, 0.15) is 41.5 Å². The van der Waals surface area contributed by atoms with Crippen molar-refractivity contribution in [2.75, 3.05) is 20.1 Å². The smallest absolute Gasteiger partial charge is 0.277 e. The summed E-state index contributed by atoms with van der Waals surface area (Å²) in [5.41, 5.74) is 4.98. The quantitative estimate of drug-likeness (QED) is 0.0744. The van der Waals surface area contributed by atoms with Gasteiger partial charge in [-0.2, -0.15) is 10.1 Å². The Morgan fingerprint density at radius 2 is 1.70 bits per heavy atom. The highest BCUT2D eigenvalue weighted by Gasteiger charge is 2.21. The second-order valence-corrected chi connectivity index (χ2v) is 12.4. The lowest BCUT2D eigenvalue weighted by molar-refractivity contribution is -0.132. The Morgan fingerprint density at radius 1 is 1.04 bits per heavy atom. The maximum absolute atomic E-state index is 14.0. The lowest BCUT2D eigenvalue weighted by atomic mass is 9.98. The predicted octanol–water partition coefficient (Wildman–Crippen LogP) is 6.93. The Kier molecular flexibility index (Phi) is 13.2. The van der Waals surface area contributed by atoms with Gasteiger partial charge < -0.3 is 14.8 Å². The van der Waals surface area contributed by atoms with Crippen LogP contribution >= 0.6 is 35.8 Å². The first-order chi connectivity index (χ1) is 22.3. The number of carbonyl (C=O) groups excluding carboxylic acids is 1. The van der Waals surface area contributed by atoms with Gasteiger partial charge in [-0.1, -0.05) is 78.8 Å². The van der Waals surface area contributed by atoms with Crippen molar-refractivity contribution in [2.24, 2.45) is 0 Å². The molecule has 47 heavy (non-hydrogen) atoms. The van der Waals surface area contributed by atoms with Crippen LogP contribution in [0.15, 0.2) is 101 Å². The van der Waals surface area contributed by atoms with Crippen molar-refractivity contribution in [1.29, 1.82) is 0 Å². The lowest BCUT2D eigenvalue weighted by Gasteiger charge is -2.25. The van der Waals surface area contributed by atoms with Crippen LogP contribution in [0.4, 0.5) is 4.39 Å². The number of aromatic nitrogens is 4. The first kappa shape index (κ1) is 35.9. The van der Waals surface area contributed by atoms with Crippen molar-refractivity contribution in [3.63, 3.8) is 0 Å². The van der Waals surface area contributed by atoms with Gasteiger partial charge in [0, 0.05) is 47.7 Å². The summed E-state index contributed by atoms with van der Waals surface area (Å²) in [6.45, 7) is 3.69. The number of halogens is 3. The predicted molar refractivity (Wildman–Crippen MR) is 189 cm³/mol. The molecule has 1 amide bonds. The molecule has 0 bridgehead atoms. The SMILES string of the molecule is CNCCCN(Cc1ccc(-c2ccc(Cl)cc2)cc1)C(=O)Cn1cc(C(C)c2cn[nH]c2)c(=O)nc1SCc1ccc(F)cc1.Cl. The zero-order valence-electron chi connectivity index (χ0n) is 26.2. The summed E-state index contributed by atoms with van der Waals surface area (Å²) in [6, 6.07) is 22.1. The van der Waals surface area contributed by atoms with Gasteiger partial charge in [-0.3, -0.25) is 14.7 Å². The lowest BCUT2D eigenvalue weighted by Crippen LogP contribution is -2.36. The van der Waals surface area contributed by atoms with Crippen LogP contribution in [-0.4, -0.2) is 50.7 Å². The number of aromatic amines is 1. The van der Waals surface area contributed by atoms with Gasteiger partial charge in [0.2, 0.25) is 5.91 Å². The van der Waals surface area contributed by atoms with Gasteiger partial charge >= 0.3 is 0 Å². The van der Waals surface area contributed by atoms with Crippen molar-refractivity contribution in [3.8, 4) is 11.1 Å². The first-order valence-electron chi connectivity index (χ1n) is 15.0. The van der Waals surface area contributed by atoms with Gasteiger partial charge in [-0.05, 0) is 72.1 Å². The Hall–Kier alpha value is -3.96. The highest BCUT2D eigenvalue weighted by atomic mass is 35.5. The van der Waals surface area contributed by atoms with Crippen LogP contribution in [0.3, 0.4) is 0 Å². The molecule has 8 nitrogen and oxygen atoms in total. The molecule has 1 unspecified atom stereocenters. The molecule has 2 heterocycles. The second kappa shape index (κ2) is 17.3. The van der Waals surface area contributed by atoms with E-state index < -0.39 is 0 Å². The molecule has 0 radical (unpaired) electrons. The number of carbonyl (C=O) groups is 1. The molecule has 3 aromatic carbocycles. The molecule has 0 aliphatic heterocycles. The summed E-state index contributed by atoms with van der Waals surface area (Å²) in [7, 11) is 1.89. The molecule has 2 N–H and O–H groups in total. The third-order valence-electron chi connectivity index (χ3n) is 7.77. The number of nitrogens with zero attached hydrogens (tertiary/aromatic N) is 4. The molecule has 5 rings (SSSR count). The number of nitrogens with one attached hydrogen (secondary N) is 2. The summed E-state index contributed by atoms with van der Waals surface area (Å²) in [5.74, 6) is -0.218. The maximum atomic E-state index is 14.0. The maximum Gasteiger partial charge on any atom is 0.277 e. The molecule has 0 saturated carbocycles. The highest BCUT2D eigenvalue weighted by molar-refractivity contribution is 7.98. The normalized spacial score (nSPS) is 11.6. The molecular formula is C35H37Cl2FN6O2S. The molecule has 5 aromatic rings. The van der Waals surface area contributed by atoms with Crippen molar-refractivity contribution in [3.05, 3.63) is 135 Å². The summed E-state index contributed by atoms with van der Waals surface area (Å²) in [4.78, 5) is 33.5. The van der Waals surface area contributed by atoms with E-state index in [4.69, 9.17) is 11.6 Å². The summed E-state index contributed by atoms with van der Waals surface area (Å²) < 4.78 is 15.2. The third-order valence-corrected chi connectivity index (χ3v) is 9.08. The summed E-state index contributed by atoms with van der Waals surface area (Å²) in [5, 5.41) is 11.1. The van der Waals surface area contributed by atoms with Gasteiger partial charge in [0.1, 0.15) is 12.4 Å². The molecule has 2 aromatic heterocycles. The fourth-order valence-electron chi connectivity index (χ4n) is 5.07. The highest BCUT2D eigenvalue weighted by Crippen LogP contribution is 2.26. The van der Waals surface area contributed by atoms with Crippen molar-refractivity contribution < 1.29 is 9.18 Å². The van der Waals surface area contributed by atoms with Gasteiger partial charge in [0.15, 0.2) is 5.16 Å². The molecule has 0 aliphatic rings. The van der Waals surface area contributed by atoms with E-state index in [0.717, 1.165) is 40.8 Å². The molecular weight excluding hydrogens is 658 g/mol. The Morgan fingerprint density at radius 3 is 2.34 bits per heavy atom. The number of thioether (sulfide) groups is 1. The monoisotopic (exact) mass is 694 g/mol. The molecule has 0 fully saturated rings. The van der Waals surface area contributed by atoms with E-state index in [9.17, 15) is 14.0 Å². The molecule has 1 atom stereocenters. The van der Waals surface area contributed by atoms with E-state index in [1.54, 1.807) is 35.3 Å². The summed E-state index contributed by atoms with van der Waals surface area (Å²) >= 11 is 7.40. The standard InChI is InChI=1S/C35H36ClFN6O2S.ClH/c1-24(29-18-39-40-19-29)32-21-43(35(41-34(32)45)46-23-26-6-14-31(37)15-7-26)22-33(44)42(17-3-16-38-2)20-25-4-8-27(9-5-25)28-10-12-30(36)13-11-28;/h4-15,18-19,21,24,38H,3,16-17,20,22-23H2,1-2H3,(H,39,40);1H. The number of rotatable bonds is 14. The minimum atomic E-state index is -0.356. The van der Waals surface area contributed by atoms with E-state index in [2.05, 4.69) is 20.5 Å². The van der Waals surface area contributed by atoms with Gasteiger partial charge in [-0.25, -0.2) is 4.39 Å². The number of benzene rings is 3. The number of H-pyrrole nitrogens is 1. The zero-order chi connectivity index (χ0) is 32.5. The van der Waals surface area contributed by atoms with E-state index in [1.165, 1.54) is 23.9 Å². The minimum Gasteiger partial charge on any atom is -0.337 e. The van der Waals surface area contributed by atoms with Crippen LogP contribution in [0.2, 0.25) is 5.02 Å². The Balaban J connectivity index is 0.00000500. The molecule has 0 spiro atoms. The van der Waals surface area contributed by atoms with Crippen molar-refractivity contribution in [2.45, 2.75) is 43.3 Å². The van der Waals surface area contributed by atoms with Crippen LogP contribution in [0.25, 0.3) is 11.1 Å². The van der Waals surface area contributed by atoms with Crippen molar-refractivity contribution in [1.82, 2.24) is 30.0 Å². The molecule has 246 valence electrons. The Bertz CT molecular complexity index is 1780. The average Bonchev–Trinajstić information content (AvgIpc) is 3.61. The average molecular weight is 696 g/mol. The summed E-state index contributed by atoms with van der Waals surface area (Å²) in [6.07, 6.45) is 5.95. The third kappa shape index (κ3) is 9.77. The van der Waals surface area contributed by atoms with Crippen LogP contribution in [-0.2, 0) is 23.6 Å². The number of hydrogen-bond acceptors (Lipinski definition) is 6. The van der Waals surface area contributed by atoms with Gasteiger partial charge in [-0.15, -0.1) is 12.4 Å². The van der Waals surface area contributed by atoms with E-state index in [0.29, 0.717) is 34.6 Å². The fraction of sp³-hybridized carbons (Fsp3) is 0.257. The molecule has 0 aliphatic carbocycles. The van der Waals surface area contributed by atoms with Crippen LogP contribution < -0.4 is 10.9 Å². The van der Waals surface area contributed by atoms with Crippen LogP contribution in [0.5, 0.6) is 0 Å². The van der Waals surface area contributed by atoms with Gasteiger partial charge in [0.05, 0.1) is 6.20 Å². The molecule has 12 heteroatoms.